The van der Waals surface area contributed by atoms with Gasteiger partial charge in [-0.25, -0.2) is 18.1 Å². The number of sulfonamides is 1. The predicted molar refractivity (Wildman–Crippen MR) is 66.3 cm³/mol. The van der Waals surface area contributed by atoms with Gasteiger partial charge in [-0.05, 0) is 18.6 Å². The smallest absolute Gasteiger partial charge is 0.242 e. The van der Waals surface area contributed by atoms with Crippen molar-refractivity contribution in [2.75, 3.05) is 26.0 Å². The molecule has 1 heterocycles. The molecular formula is C10H17N3O4S. The molecule has 0 aromatic carbocycles. The zero-order valence-corrected chi connectivity index (χ0v) is 10.9. The van der Waals surface area contributed by atoms with Gasteiger partial charge in [-0.15, -0.1) is 0 Å². The number of aliphatic hydroxyl groups excluding tert-OH is 1. The van der Waals surface area contributed by atoms with Gasteiger partial charge in [0.15, 0.2) is 0 Å². The minimum Gasteiger partial charge on any atom is -0.391 e. The molecule has 0 aliphatic rings. The Morgan fingerprint density at radius 1 is 1.56 bits per heavy atom. The van der Waals surface area contributed by atoms with Crippen molar-refractivity contribution >= 4 is 15.8 Å². The molecule has 1 unspecified atom stereocenters. The average Bonchev–Trinajstić information content (AvgIpc) is 2.29. The van der Waals surface area contributed by atoms with E-state index in [-0.39, 0.29) is 30.3 Å². The van der Waals surface area contributed by atoms with Crippen LogP contribution in [0.15, 0.2) is 23.2 Å². The third kappa shape index (κ3) is 4.57. The van der Waals surface area contributed by atoms with Crippen LogP contribution in [0.4, 0.5) is 5.82 Å². The van der Waals surface area contributed by atoms with E-state index in [9.17, 15) is 13.5 Å². The lowest BCUT2D eigenvalue weighted by atomic mass is 10.3. The molecule has 0 spiro atoms. The number of nitrogen functional groups attached to an aromatic ring is 1. The fourth-order valence-corrected chi connectivity index (χ4v) is 2.26. The van der Waals surface area contributed by atoms with Gasteiger partial charge >= 0.3 is 0 Å². The van der Waals surface area contributed by atoms with E-state index < -0.39 is 16.1 Å². The summed E-state index contributed by atoms with van der Waals surface area (Å²) in [5, 5.41) is 9.36. The highest BCUT2D eigenvalue weighted by Crippen LogP contribution is 2.08. The first kappa shape index (κ1) is 14.8. The third-order valence-corrected chi connectivity index (χ3v) is 3.64. The number of rotatable bonds is 7. The second-order valence-electron chi connectivity index (χ2n) is 3.71. The van der Waals surface area contributed by atoms with Crippen molar-refractivity contribution in [1.82, 2.24) is 9.71 Å². The van der Waals surface area contributed by atoms with E-state index >= 15 is 0 Å². The molecule has 102 valence electrons. The van der Waals surface area contributed by atoms with Crippen LogP contribution in [0.2, 0.25) is 0 Å². The van der Waals surface area contributed by atoms with Crippen LogP contribution in [0.25, 0.3) is 0 Å². The average molecular weight is 275 g/mol. The summed E-state index contributed by atoms with van der Waals surface area (Å²) in [5.41, 5.74) is 5.37. The first-order valence-electron chi connectivity index (χ1n) is 5.34. The number of anilines is 1. The van der Waals surface area contributed by atoms with Gasteiger partial charge in [-0.3, -0.25) is 0 Å². The summed E-state index contributed by atoms with van der Waals surface area (Å²) in [5.74, 6) is 0.254. The van der Waals surface area contributed by atoms with Crippen molar-refractivity contribution in [3.63, 3.8) is 0 Å². The van der Waals surface area contributed by atoms with E-state index in [2.05, 4.69) is 9.71 Å². The fraction of sp³-hybridized carbons (Fsp3) is 0.500. The number of nitrogens with one attached hydrogen (secondary N) is 1. The number of aromatic nitrogens is 1. The fourth-order valence-electron chi connectivity index (χ4n) is 1.27. The monoisotopic (exact) mass is 275 g/mol. The minimum absolute atomic E-state index is 0.0398. The van der Waals surface area contributed by atoms with Crippen LogP contribution in [0.5, 0.6) is 0 Å². The maximum Gasteiger partial charge on any atom is 0.242 e. The van der Waals surface area contributed by atoms with E-state index in [1.54, 1.807) is 0 Å². The lowest BCUT2D eigenvalue weighted by Crippen LogP contribution is -2.28. The quantitative estimate of drug-likeness (QED) is 0.608. The number of nitrogens with zero attached hydrogens (tertiary/aromatic N) is 1. The number of hydrogen-bond donors (Lipinski definition) is 3. The van der Waals surface area contributed by atoms with E-state index in [0.717, 1.165) is 0 Å². The van der Waals surface area contributed by atoms with Crippen LogP contribution in [0, 0.1) is 0 Å². The van der Waals surface area contributed by atoms with Crippen molar-refractivity contribution in [2.45, 2.75) is 17.4 Å². The lowest BCUT2D eigenvalue weighted by Gasteiger charge is -2.10. The number of methoxy groups -OCH3 is 1. The highest BCUT2D eigenvalue weighted by atomic mass is 32.2. The van der Waals surface area contributed by atoms with Crippen LogP contribution < -0.4 is 10.5 Å². The summed E-state index contributed by atoms with van der Waals surface area (Å²) in [7, 11) is -2.14. The van der Waals surface area contributed by atoms with Gasteiger partial charge in [0.05, 0.1) is 12.7 Å². The summed E-state index contributed by atoms with van der Waals surface area (Å²) < 4.78 is 30.6. The molecule has 0 bridgehead atoms. The Morgan fingerprint density at radius 2 is 2.28 bits per heavy atom. The first-order valence-corrected chi connectivity index (χ1v) is 6.82. The lowest BCUT2D eigenvalue weighted by molar-refractivity contribution is 0.0603. The number of aliphatic hydroxyl groups is 1. The Labute approximate surface area is 106 Å². The molecule has 0 saturated carbocycles. The Morgan fingerprint density at radius 3 is 2.83 bits per heavy atom. The normalized spacial score (nSPS) is 13.4. The number of ether oxygens (including phenoxy) is 1. The van der Waals surface area contributed by atoms with Crippen molar-refractivity contribution < 1.29 is 18.3 Å². The van der Waals surface area contributed by atoms with Gasteiger partial charge in [0.25, 0.3) is 0 Å². The molecule has 1 rings (SSSR count). The Bertz CT molecular complexity index is 461. The molecule has 0 saturated heterocycles. The SMILES string of the molecule is COCC(O)CCNS(=O)(=O)c1ccc(N)nc1. The molecule has 18 heavy (non-hydrogen) atoms. The van der Waals surface area contributed by atoms with Gasteiger partial charge in [-0.1, -0.05) is 0 Å². The second-order valence-corrected chi connectivity index (χ2v) is 5.48. The number of hydrogen-bond acceptors (Lipinski definition) is 6. The van der Waals surface area contributed by atoms with Gasteiger partial charge < -0.3 is 15.6 Å². The number of nitrogens with two attached hydrogens (primary N) is 1. The van der Waals surface area contributed by atoms with Crippen LogP contribution in [0.1, 0.15) is 6.42 Å². The maximum absolute atomic E-state index is 11.8. The highest BCUT2D eigenvalue weighted by molar-refractivity contribution is 7.89. The summed E-state index contributed by atoms with van der Waals surface area (Å²) in [4.78, 5) is 3.75. The topological polar surface area (TPSA) is 115 Å². The molecule has 1 aromatic heterocycles. The van der Waals surface area contributed by atoms with Crippen molar-refractivity contribution in [1.29, 1.82) is 0 Å². The molecule has 0 radical (unpaired) electrons. The largest absolute Gasteiger partial charge is 0.391 e. The molecular weight excluding hydrogens is 258 g/mol. The summed E-state index contributed by atoms with van der Waals surface area (Å²) in [6, 6.07) is 2.78. The molecule has 0 aliphatic carbocycles. The molecule has 1 atom stereocenters. The van der Waals surface area contributed by atoms with Crippen molar-refractivity contribution in [3.05, 3.63) is 18.3 Å². The molecule has 0 aliphatic heterocycles. The maximum atomic E-state index is 11.8. The molecule has 8 heteroatoms. The van der Waals surface area contributed by atoms with Crippen LogP contribution >= 0.6 is 0 Å². The van der Waals surface area contributed by atoms with Gasteiger partial charge in [0, 0.05) is 19.9 Å². The Hall–Kier alpha value is -1.22. The second kappa shape index (κ2) is 6.64. The predicted octanol–water partition coefficient (Wildman–Crippen LogP) is -0.660. The molecule has 1 aromatic rings. The Balaban J connectivity index is 2.52. The van der Waals surface area contributed by atoms with E-state index in [1.165, 1.54) is 25.4 Å². The summed E-state index contributed by atoms with van der Waals surface area (Å²) in [6.07, 6.45) is 0.765. The highest BCUT2D eigenvalue weighted by Gasteiger charge is 2.14. The van der Waals surface area contributed by atoms with Crippen LogP contribution in [-0.2, 0) is 14.8 Å². The summed E-state index contributed by atoms with van der Waals surface area (Å²) in [6.45, 7) is 0.294. The number of pyridine rings is 1. The van der Waals surface area contributed by atoms with Crippen molar-refractivity contribution in [2.24, 2.45) is 0 Å². The van der Waals surface area contributed by atoms with E-state index in [4.69, 9.17) is 10.5 Å². The summed E-state index contributed by atoms with van der Waals surface area (Å²) >= 11 is 0. The zero-order valence-electron chi connectivity index (χ0n) is 10.0. The van der Waals surface area contributed by atoms with Gasteiger partial charge in [0.1, 0.15) is 10.7 Å². The first-order chi connectivity index (χ1) is 8.45. The standard InChI is InChI=1S/C10H17N3O4S/c1-17-7-8(14)4-5-13-18(15,16)9-2-3-10(11)12-6-9/h2-3,6,8,13-14H,4-5,7H2,1H3,(H2,11,12). The molecule has 4 N–H and O–H groups in total. The van der Waals surface area contributed by atoms with Gasteiger partial charge in [-0.2, -0.15) is 0 Å². The molecule has 7 nitrogen and oxygen atoms in total. The van der Waals surface area contributed by atoms with Crippen LogP contribution in [0.3, 0.4) is 0 Å². The minimum atomic E-state index is -3.61. The molecule has 0 amide bonds. The zero-order chi connectivity index (χ0) is 13.6. The van der Waals surface area contributed by atoms with E-state index in [0.29, 0.717) is 0 Å². The van der Waals surface area contributed by atoms with Gasteiger partial charge in [0.2, 0.25) is 10.0 Å². The molecule has 0 fully saturated rings. The van der Waals surface area contributed by atoms with Crippen molar-refractivity contribution in [3.8, 4) is 0 Å². The third-order valence-electron chi connectivity index (χ3n) is 2.20. The van der Waals surface area contributed by atoms with E-state index in [1.807, 2.05) is 0 Å². The Kier molecular flexibility index (Phi) is 5.48. The van der Waals surface area contributed by atoms with Crippen LogP contribution in [-0.4, -0.2) is 44.9 Å².